The molecule has 0 unspecified atom stereocenters. The second-order valence-electron chi connectivity index (χ2n) is 3.94. The van der Waals surface area contributed by atoms with Crippen molar-refractivity contribution < 1.29 is 0 Å². The molecule has 5 nitrogen and oxygen atoms in total. The third-order valence-corrected chi connectivity index (χ3v) is 2.68. The zero-order valence-electron chi connectivity index (χ0n) is 9.87. The van der Waals surface area contributed by atoms with Gasteiger partial charge in [-0.3, -0.25) is 5.43 Å². The van der Waals surface area contributed by atoms with Gasteiger partial charge in [-0.25, -0.2) is 10.8 Å². The van der Waals surface area contributed by atoms with Crippen molar-refractivity contribution >= 4 is 27.7 Å². The molecule has 0 radical (unpaired) electrons. The number of nitrogens with one attached hydrogen (secondary N) is 1. The van der Waals surface area contributed by atoms with Gasteiger partial charge in [-0.05, 0) is 28.8 Å². The average molecular weight is 288 g/mol. The van der Waals surface area contributed by atoms with E-state index in [0.29, 0.717) is 11.9 Å². The molecule has 0 aliphatic heterocycles. The van der Waals surface area contributed by atoms with Crippen LogP contribution in [0.25, 0.3) is 0 Å². The molecule has 1 rings (SSSR count). The Morgan fingerprint density at radius 3 is 2.75 bits per heavy atom. The van der Waals surface area contributed by atoms with Crippen LogP contribution < -0.4 is 16.2 Å². The zero-order chi connectivity index (χ0) is 12.1. The molecule has 6 heteroatoms. The lowest BCUT2D eigenvalue weighted by molar-refractivity contribution is 0.613. The van der Waals surface area contributed by atoms with E-state index in [4.69, 9.17) is 5.84 Å². The maximum absolute atomic E-state index is 5.30. The monoisotopic (exact) mass is 287 g/mol. The Balaban J connectivity index is 2.98. The topological polar surface area (TPSA) is 67.1 Å². The quantitative estimate of drug-likeness (QED) is 0.641. The maximum atomic E-state index is 5.30. The van der Waals surface area contributed by atoms with Gasteiger partial charge < -0.3 is 4.90 Å². The number of nitrogen functional groups attached to an aromatic ring is 1. The fourth-order valence-electron chi connectivity index (χ4n) is 1.46. The molecule has 16 heavy (non-hydrogen) atoms. The zero-order valence-corrected chi connectivity index (χ0v) is 11.5. The molecule has 0 spiro atoms. The number of hydrogen-bond donors (Lipinski definition) is 2. The first kappa shape index (κ1) is 13.2. The predicted molar refractivity (Wildman–Crippen MR) is 70.3 cm³/mol. The summed E-state index contributed by atoms with van der Waals surface area (Å²) in [6.45, 7) is 8.32. The molecule has 0 amide bonds. The summed E-state index contributed by atoms with van der Waals surface area (Å²) in [7, 11) is 0. The number of nitrogens with zero attached hydrogens (tertiary/aromatic N) is 3. The highest BCUT2D eigenvalue weighted by Gasteiger charge is 2.12. The minimum absolute atomic E-state index is 0.431. The van der Waals surface area contributed by atoms with Gasteiger partial charge in [-0.15, -0.1) is 0 Å². The smallest absolute Gasteiger partial charge is 0.239 e. The third kappa shape index (κ3) is 3.31. The molecule has 0 fully saturated rings. The Hall–Kier alpha value is -0.880. The van der Waals surface area contributed by atoms with Gasteiger partial charge in [0.2, 0.25) is 5.95 Å². The highest BCUT2D eigenvalue weighted by Crippen LogP contribution is 2.24. The van der Waals surface area contributed by atoms with E-state index >= 15 is 0 Å². The Kier molecular flexibility index (Phi) is 4.95. The van der Waals surface area contributed by atoms with Crippen LogP contribution in [-0.4, -0.2) is 23.1 Å². The lowest BCUT2D eigenvalue weighted by Crippen LogP contribution is -2.29. The van der Waals surface area contributed by atoms with Crippen LogP contribution in [0, 0.1) is 5.92 Å². The molecule has 0 aliphatic rings. The van der Waals surface area contributed by atoms with E-state index in [1.807, 2.05) is 0 Å². The lowest BCUT2D eigenvalue weighted by Gasteiger charge is -2.25. The molecule has 0 aliphatic carbocycles. The van der Waals surface area contributed by atoms with E-state index in [-0.39, 0.29) is 0 Å². The van der Waals surface area contributed by atoms with Crippen LogP contribution in [0.15, 0.2) is 10.7 Å². The van der Waals surface area contributed by atoms with Gasteiger partial charge in [-0.1, -0.05) is 13.8 Å². The predicted octanol–water partition coefficient (Wildman–Crippen LogP) is 2.01. The fourth-order valence-corrected chi connectivity index (χ4v) is 1.90. The van der Waals surface area contributed by atoms with Gasteiger partial charge in [0.05, 0.1) is 4.47 Å². The van der Waals surface area contributed by atoms with Crippen molar-refractivity contribution in [1.29, 1.82) is 0 Å². The van der Waals surface area contributed by atoms with Crippen molar-refractivity contribution in [3.05, 3.63) is 10.7 Å². The van der Waals surface area contributed by atoms with Gasteiger partial charge in [0, 0.05) is 19.3 Å². The second-order valence-corrected chi connectivity index (χ2v) is 4.80. The van der Waals surface area contributed by atoms with Gasteiger partial charge in [0.1, 0.15) is 5.82 Å². The molecule has 90 valence electrons. The summed E-state index contributed by atoms with van der Waals surface area (Å²) in [6.07, 6.45) is 1.71. The van der Waals surface area contributed by atoms with Crippen LogP contribution in [-0.2, 0) is 0 Å². The van der Waals surface area contributed by atoms with Crippen LogP contribution in [0.4, 0.5) is 11.8 Å². The summed E-state index contributed by atoms with van der Waals surface area (Å²) in [4.78, 5) is 10.6. The molecule has 3 N–H and O–H groups in total. The van der Waals surface area contributed by atoms with Gasteiger partial charge in [0.25, 0.3) is 0 Å². The van der Waals surface area contributed by atoms with Crippen molar-refractivity contribution in [1.82, 2.24) is 9.97 Å². The van der Waals surface area contributed by atoms with Gasteiger partial charge in [0.15, 0.2) is 0 Å². The highest BCUT2D eigenvalue weighted by molar-refractivity contribution is 9.10. The number of aromatic nitrogens is 2. The van der Waals surface area contributed by atoms with E-state index in [1.54, 1.807) is 6.20 Å². The number of anilines is 2. The van der Waals surface area contributed by atoms with E-state index in [0.717, 1.165) is 23.4 Å². The summed E-state index contributed by atoms with van der Waals surface area (Å²) in [5.74, 6) is 7.19. The third-order valence-electron chi connectivity index (χ3n) is 2.12. The number of nitrogens with two attached hydrogens (primary N) is 1. The Morgan fingerprint density at radius 1 is 1.56 bits per heavy atom. The van der Waals surface area contributed by atoms with Crippen molar-refractivity contribution in [3.8, 4) is 0 Å². The summed E-state index contributed by atoms with van der Waals surface area (Å²) < 4.78 is 0.883. The number of hydrogen-bond acceptors (Lipinski definition) is 5. The van der Waals surface area contributed by atoms with E-state index in [9.17, 15) is 0 Å². The molecule has 1 aromatic heterocycles. The molecule has 0 aromatic carbocycles. The van der Waals surface area contributed by atoms with E-state index in [1.165, 1.54) is 0 Å². The summed E-state index contributed by atoms with van der Waals surface area (Å²) >= 11 is 3.46. The van der Waals surface area contributed by atoms with Crippen LogP contribution in [0.1, 0.15) is 20.8 Å². The molecule has 0 saturated heterocycles. The minimum Gasteiger partial charge on any atom is -0.356 e. The van der Waals surface area contributed by atoms with E-state index < -0.39 is 0 Å². The summed E-state index contributed by atoms with van der Waals surface area (Å²) in [6, 6.07) is 0. The standard InChI is InChI=1S/C10H18BrN5/c1-4-16(6-7(2)3)9-8(11)5-13-10(14-9)15-12/h5,7H,4,6,12H2,1-3H3,(H,13,14,15). The maximum Gasteiger partial charge on any atom is 0.239 e. The molecule has 0 atom stereocenters. The highest BCUT2D eigenvalue weighted by atomic mass is 79.9. The molecular weight excluding hydrogens is 270 g/mol. The molecule has 0 bridgehead atoms. The Morgan fingerprint density at radius 2 is 2.25 bits per heavy atom. The summed E-state index contributed by atoms with van der Waals surface area (Å²) in [5.41, 5.74) is 2.46. The van der Waals surface area contributed by atoms with Crippen molar-refractivity contribution in [2.24, 2.45) is 11.8 Å². The van der Waals surface area contributed by atoms with Crippen LogP contribution in [0.2, 0.25) is 0 Å². The first-order valence-electron chi connectivity index (χ1n) is 5.32. The molecular formula is C10H18BrN5. The van der Waals surface area contributed by atoms with Crippen molar-refractivity contribution in [2.75, 3.05) is 23.4 Å². The molecule has 1 aromatic rings. The van der Waals surface area contributed by atoms with Gasteiger partial charge in [-0.2, -0.15) is 4.98 Å². The lowest BCUT2D eigenvalue weighted by atomic mass is 10.2. The molecule has 0 saturated carbocycles. The van der Waals surface area contributed by atoms with Crippen LogP contribution in [0.3, 0.4) is 0 Å². The normalized spacial score (nSPS) is 10.6. The first-order chi connectivity index (χ1) is 7.58. The largest absolute Gasteiger partial charge is 0.356 e. The molecule has 1 heterocycles. The van der Waals surface area contributed by atoms with Gasteiger partial charge >= 0.3 is 0 Å². The van der Waals surface area contributed by atoms with Crippen molar-refractivity contribution in [3.63, 3.8) is 0 Å². The fraction of sp³-hybridized carbons (Fsp3) is 0.600. The second kappa shape index (κ2) is 6.00. The van der Waals surface area contributed by atoms with E-state index in [2.05, 4.69) is 57.0 Å². The SMILES string of the molecule is CCN(CC(C)C)c1nc(NN)ncc1Br. The van der Waals surface area contributed by atoms with Crippen LogP contribution in [0.5, 0.6) is 0 Å². The van der Waals surface area contributed by atoms with Crippen LogP contribution >= 0.6 is 15.9 Å². The average Bonchev–Trinajstić information content (AvgIpc) is 2.26. The Bertz CT molecular complexity index is 342. The number of halogens is 1. The first-order valence-corrected chi connectivity index (χ1v) is 6.11. The number of hydrazine groups is 1. The minimum atomic E-state index is 0.431. The van der Waals surface area contributed by atoms with Crippen molar-refractivity contribution in [2.45, 2.75) is 20.8 Å². The summed E-state index contributed by atoms with van der Waals surface area (Å²) in [5, 5.41) is 0. The number of rotatable bonds is 5. The Labute approximate surface area is 105 Å².